The molecule has 0 bridgehead atoms. The summed E-state index contributed by atoms with van der Waals surface area (Å²) in [6.45, 7) is 0. The first-order valence-electron chi connectivity index (χ1n) is 10.6. The van der Waals surface area contributed by atoms with Gasteiger partial charge in [-0.15, -0.1) is 11.8 Å². The number of nitrogens with one attached hydrogen (secondary N) is 1. The van der Waals surface area contributed by atoms with Gasteiger partial charge in [0.05, 0.1) is 30.3 Å². The molecule has 1 saturated heterocycles. The van der Waals surface area contributed by atoms with E-state index in [1.54, 1.807) is 18.6 Å². The first kappa shape index (κ1) is 20.4. The van der Waals surface area contributed by atoms with Crippen LogP contribution < -0.4 is 10.2 Å². The second-order valence-electron chi connectivity index (χ2n) is 8.26. The van der Waals surface area contributed by atoms with Crippen LogP contribution in [0.25, 0.3) is 16.0 Å². The molecule has 2 unspecified atom stereocenters. The van der Waals surface area contributed by atoms with Gasteiger partial charge in [-0.25, -0.2) is 9.69 Å². The van der Waals surface area contributed by atoms with E-state index in [1.165, 1.54) is 16.7 Å². The average Bonchev–Trinajstić information content (AvgIpc) is 3.60. The number of hydrogen-bond donors (Lipinski definition) is 1. The molecule has 2 fully saturated rings. The van der Waals surface area contributed by atoms with Gasteiger partial charge in [0.25, 0.3) is 5.91 Å². The average molecular weight is 476 g/mol. The molecule has 3 amide bonds. The summed E-state index contributed by atoms with van der Waals surface area (Å²) >= 11 is 8.03. The van der Waals surface area contributed by atoms with E-state index in [0.29, 0.717) is 16.6 Å². The maximum Gasteiger partial charge on any atom is 0.329 e. The van der Waals surface area contributed by atoms with Gasteiger partial charge >= 0.3 is 6.03 Å². The molecule has 0 spiro atoms. The van der Waals surface area contributed by atoms with Crippen molar-refractivity contribution in [3.8, 4) is 11.1 Å². The molecule has 1 aromatic carbocycles. The Balaban J connectivity index is 1.33. The van der Waals surface area contributed by atoms with Crippen molar-refractivity contribution in [3.63, 3.8) is 0 Å². The number of hydrogen-bond acceptors (Lipinski definition) is 6. The number of carbonyl (C=O) groups excluding carboxylic acids is 2. The van der Waals surface area contributed by atoms with Gasteiger partial charge in [0.15, 0.2) is 0 Å². The quantitative estimate of drug-likeness (QED) is 0.591. The number of nitrogens with zero attached hydrogens (tertiary/aromatic N) is 4. The van der Waals surface area contributed by atoms with Crippen LogP contribution in [0.4, 0.5) is 10.5 Å². The van der Waals surface area contributed by atoms with Crippen LogP contribution in [-0.2, 0) is 4.79 Å². The van der Waals surface area contributed by atoms with Gasteiger partial charge in [-0.1, -0.05) is 23.7 Å². The van der Waals surface area contributed by atoms with Crippen LogP contribution in [0.15, 0.2) is 61.2 Å². The predicted octanol–water partition coefficient (Wildman–Crippen LogP) is 4.65. The fraction of sp³-hybridized carbons (Fsp3) is 0.208. The van der Waals surface area contributed by atoms with Crippen LogP contribution in [0.1, 0.15) is 29.9 Å². The van der Waals surface area contributed by atoms with Crippen molar-refractivity contribution in [3.05, 3.63) is 77.3 Å². The minimum Gasteiger partial charge on any atom is -0.329 e. The number of benzene rings is 1. The fourth-order valence-corrected chi connectivity index (χ4v) is 5.98. The third kappa shape index (κ3) is 3.59. The third-order valence-corrected chi connectivity index (χ3v) is 7.73. The zero-order chi connectivity index (χ0) is 22.5. The number of thioether (sulfide) groups is 1. The number of carbonyl (C=O) groups is 2. The smallest absolute Gasteiger partial charge is 0.329 e. The summed E-state index contributed by atoms with van der Waals surface area (Å²) in [6.07, 6.45) is 10.8. The van der Waals surface area contributed by atoms with Crippen LogP contribution in [0, 0.1) is 0 Å². The predicted molar refractivity (Wildman–Crippen MR) is 128 cm³/mol. The Morgan fingerprint density at radius 1 is 1.09 bits per heavy atom. The number of anilines is 1. The highest BCUT2D eigenvalue weighted by Crippen LogP contribution is 2.47. The van der Waals surface area contributed by atoms with Crippen molar-refractivity contribution in [2.45, 2.75) is 30.1 Å². The highest BCUT2D eigenvalue weighted by molar-refractivity contribution is 8.09. The van der Waals surface area contributed by atoms with Crippen molar-refractivity contribution in [2.75, 3.05) is 4.90 Å². The highest BCUT2D eigenvalue weighted by Gasteiger charge is 2.46. The first-order valence-corrected chi connectivity index (χ1v) is 11.9. The van der Waals surface area contributed by atoms with Crippen LogP contribution in [0.5, 0.6) is 0 Å². The maximum absolute atomic E-state index is 13.5. The number of urea groups is 1. The third-order valence-electron chi connectivity index (χ3n) is 6.08. The van der Waals surface area contributed by atoms with Crippen molar-refractivity contribution >= 4 is 45.9 Å². The molecule has 6 rings (SSSR count). The monoisotopic (exact) mass is 475 g/mol. The minimum absolute atomic E-state index is 0.256. The molecule has 1 N–H and O–H groups in total. The van der Waals surface area contributed by atoms with Gasteiger partial charge in [-0.3, -0.25) is 9.78 Å². The Labute approximate surface area is 199 Å². The normalized spacial score (nSPS) is 22.1. The summed E-state index contributed by atoms with van der Waals surface area (Å²) in [5.74, 6) is 0.220. The van der Waals surface area contributed by atoms with Crippen molar-refractivity contribution < 1.29 is 9.59 Å². The zero-order valence-electron chi connectivity index (χ0n) is 17.3. The lowest BCUT2D eigenvalue weighted by molar-refractivity contribution is -0.118. The molecular weight excluding hydrogens is 458 g/mol. The molecule has 33 heavy (non-hydrogen) atoms. The summed E-state index contributed by atoms with van der Waals surface area (Å²) in [4.78, 5) is 32.7. The molecule has 2 aliphatic heterocycles. The zero-order valence-corrected chi connectivity index (χ0v) is 18.9. The van der Waals surface area contributed by atoms with Gasteiger partial charge in [-0.2, -0.15) is 10.2 Å². The summed E-state index contributed by atoms with van der Waals surface area (Å²) < 4.78 is 0. The van der Waals surface area contributed by atoms with Crippen molar-refractivity contribution in [2.24, 2.45) is 0 Å². The van der Waals surface area contributed by atoms with E-state index in [0.717, 1.165) is 40.0 Å². The second-order valence-corrected chi connectivity index (χ2v) is 9.85. The standard InChI is InChI=1S/C24H18ClN5O2S/c25-18-3-1-2-17(14-6-7-27-28-11-14)21(18)20-9-19-22(33-20)23(31)30(24(32)29-19)16-8-15(10-26-12-16)13-4-5-13/h1-3,6-13,19,22H,4-5H2,(H,29,32). The van der Waals surface area contributed by atoms with Gasteiger partial charge in [0.1, 0.15) is 5.25 Å². The Bertz CT molecular complexity index is 1310. The van der Waals surface area contributed by atoms with Crippen LogP contribution in [-0.4, -0.2) is 38.4 Å². The molecule has 2 atom stereocenters. The van der Waals surface area contributed by atoms with E-state index in [9.17, 15) is 9.59 Å². The van der Waals surface area contributed by atoms with E-state index in [1.807, 2.05) is 42.6 Å². The Kier molecular flexibility index (Phi) is 4.92. The number of amides is 3. The number of rotatable bonds is 4. The van der Waals surface area contributed by atoms with E-state index >= 15 is 0 Å². The summed E-state index contributed by atoms with van der Waals surface area (Å²) in [7, 11) is 0. The largest absolute Gasteiger partial charge is 0.329 e. The molecular formula is C24H18ClN5O2S. The molecule has 1 saturated carbocycles. The number of pyridine rings is 1. The Morgan fingerprint density at radius 2 is 1.97 bits per heavy atom. The second kappa shape index (κ2) is 7.97. The molecule has 4 heterocycles. The Morgan fingerprint density at radius 3 is 2.76 bits per heavy atom. The Hall–Kier alpha value is -3.23. The number of imide groups is 1. The highest BCUT2D eigenvalue weighted by atomic mass is 35.5. The van der Waals surface area contributed by atoms with Crippen LogP contribution >= 0.6 is 23.4 Å². The molecule has 0 radical (unpaired) electrons. The topological polar surface area (TPSA) is 88.1 Å². The molecule has 2 aromatic heterocycles. The summed E-state index contributed by atoms with van der Waals surface area (Å²) in [5.41, 5.74) is 4.17. The van der Waals surface area contributed by atoms with Gasteiger partial charge < -0.3 is 5.32 Å². The van der Waals surface area contributed by atoms with Crippen LogP contribution in [0.3, 0.4) is 0 Å². The maximum atomic E-state index is 13.5. The van der Waals surface area contributed by atoms with Gasteiger partial charge in [-0.05, 0) is 54.2 Å². The summed E-state index contributed by atoms with van der Waals surface area (Å²) in [5, 5.41) is 10.9. The van der Waals surface area contributed by atoms with Crippen molar-refractivity contribution in [1.82, 2.24) is 20.5 Å². The first-order chi connectivity index (χ1) is 16.1. The number of aromatic nitrogens is 3. The lowest BCUT2D eigenvalue weighted by atomic mass is 9.99. The molecule has 164 valence electrons. The molecule has 7 nitrogen and oxygen atoms in total. The van der Waals surface area contributed by atoms with Crippen molar-refractivity contribution in [1.29, 1.82) is 0 Å². The van der Waals surface area contributed by atoms with E-state index < -0.39 is 17.3 Å². The lowest BCUT2D eigenvalue weighted by Gasteiger charge is -2.33. The fourth-order valence-electron chi connectivity index (χ4n) is 4.31. The molecule has 3 aromatic rings. The lowest BCUT2D eigenvalue weighted by Crippen LogP contribution is -2.60. The van der Waals surface area contributed by atoms with E-state index in [-0.39, 0.29) is 5.91 Å². The number of halogens is 1. The van der Waals surface area contributed by atoms with E-state index in [4.69, 9.17) is 11.6 Å². The van der Waals surface area contributed by atoms with Crippen LogP contribution in [0.2, 0.25) is 5.02 Å². The molecule has 1 aliphatic carbocycles. The number of fused-ring (bicyclic) bond motifs is 1. The minimum atomic E-state index is -0.484. The SMILES string of the molecule is O=C1NC2C=C(c3c(Cl)cccc3-c3ccnnc3)SC2C(=O)N1c1cncc(C2CC2)c1. The van der Waals surface area contributed by atoms with Gasteiger partial charge in [0, 0.05) is 27.3 Å². The summed E-state index contributed by atoms with van der Waals surface area (Å²) in [6, 6.07) is 8.57. The van der Waals surface area contributed by atoms with Gasteiger partial charge in [0.2, 0.25) is 0 Å². The van der Waals surface area contributed by atoms with E-state index in [2.05, 4.69) is 20.5 Å². The molecule has 9 heteroatoms. The molecule has 3 aliphatic rings.